The van der Waals surface area contributed by atoms with Crippen molar-refractivity contribution in [2.24, 2.45) is 0 Å². The SMILES string of the molecule is CCCC[P+](CCCC)(CCCC)CCCC.CCOP([O-])(=S)OCC. The van der Waals surface area contributed by atoms with Crippen molar-refractivity contribution in [1.82, 2.24) is 0 Å². The molecule has 0 saturated carbocycles. The van der Waals surface area contributed by atoms with Gasteiger partial charge in [0.15, 0.2) is 0 Å². The highest BCUT2D eigenvalue weighted by Crippen LogP contribution is 2.61. The highest BCUT2D eigenvalue weighted by atomic mass is 32.5. The fourth-order valence-corrected chi connectivity index (χ4v) is 9.63. The lowest BCUT2D eigenvalue weighted by Crippen LogP contribution is -2.12. The molecule has 0 aromatic rings. The molecular formula is C20H46O3P2S. The van der Waals surface area contributed by atoms with E-state index in [1.807, 2.05) is 0 Å². The third-order valence-electron chi connectivity index (χ3n) is 4.52. The Morgan fingerprint density at radius 1 is 0.654 bits per heavy atom. The number of rotatable bonds is 16. The maximum absolute atomic E-state index is 10.8. The standard InChI is InChI=1S/C16H36P.C4H11O3PS/c1-5-9-13-17(14-10-6-2,15-11-7-3)16-12-8-4;1-3-6-8(5,9)7-4-2/h5-16H2,1-4H3;3-4H2,1-2H3,(H,5,9)/q+1;/p-1. The number of hydrogen-bond donors (Lipinski definition) is 0. The van der Waals surface area contributed by atoms with E-state index in [0.29, 0.717) is 13.2 Å². The van der Waals surface area contributed by atoms with Gasteiger partial charge in [0.1, 0.15) is 6.72 Å². The van der Waals surface area contributed by atoms with E-state index in [1.54, 1.807) is 38.5 Å². The summed E-state index contributed by atoms with van der Waals surface area (Å²) in [6.07, 6.45) is 17.9. The fourth-order valence-electron chi connectivity index (χ4n) is 3.00. The fraction of sp³-hybridized carbons (Fsp3) is 1.00. The lowest BCUT2D eigenvalue weighted by molar-refractivity contribution is -0.205. The van der Waals surface area contributed by atoms with Gasteiger partial charge in [-0.2, -0.15) is 0 Å². The Labute approximate surface area is 170 Å². The van der Waals surface area contributed by atoms with Gasteiger partial charge in [-0.15, -0.1) is 0 Å². The predicted octanol–water partition coefficient (Wildman–Crippen LogP) is 6.85. The van der Waals surface area contributed by atoms with Crippen molar-refractivity contribution in [3.63, 3.8) is 0 Å². The van der Waals surface area contributed by atoms with Gasteiger partial charge in [-0.25, -0.2) is 0 Å². The van der Waals surface area contributed by atoms with Crippen LogP contribution in [-0.2, 0) is 20.9 Å². The van der Waals surface area contributed by atoms with Gasteiger partial charge in [0.25, 0.3) is 0 Å². The van der Waals surface area contributed by atoms with E-state index in [9.17, 15) is 4.89 Å². The summed E-state index contributed by atoms with van der Waals surface area (Å²) in [7, 11) is -0.562. The molecule has 0 fully saturated rings. The zero-order chi connectivity index (χ0) is 20.3. The summed E-state index contributed by atoms with van der Waals surface area (Å²) < 4.78 is 9.24. The van der Waals surface area contributed by atoms with Crippen molar-refractivity contribution in [1.29, 1.82) is 0 Å². The summed E-state index contributed by atoms with van der Waals surface area (Å²) in [6.45, 7) is 10.4. The summed E-state index contributed by atoms with van der Waals surface area (Å²) in [4.78, 5) is 10.8. The second-order valence-corrected chi connectivity index (χ2v) is 14.2. The molecule has 0 aromatic carbocycles. The molecule has 0 atom stereocenters. The zero-order valence-corrected chi connectivity index (χ0v) is 21.0. The Hall–Kier alpha value is 0.960. The van der Waals surface area contributed by atoms with Gasteiger partial charge in [0.2, 0.25) is 0 Å². The molecule has 0 aliphatic rings. The van der Waals surface area contributed by atoms with E-state index in [4.69, 9.17) is 0 Å². The molecule has 26 heavy (non-hydrogen) atoms. The highest BCUT2D eigenvalue weighted by molar-refractivity contribution is 8.06. The van der Waals surface area contributed by atoms with Gasteiger partial charge in [-0.05, 0) is 39.5 Å². The van der Waals surface area contributed by atoms with Crippen LogP contribution in [0.2, 0.25) is 0 Å². The summed E-state index contributed by atoms with van der Waals surface area (Å²) in [5.41, 5.74) is 0. The second-order valence-electron chi connectivity index (χ2n) is 6.93. The predicted molar refractivity (Wildman–Crippen MR) is 124 cm³/mol. The Balaban J connectivity index is 0. The smallest absolute Gasteiger partial charge is 0.115 e. The van der Waals surface area contributed by atoms with Gasteiger partial charge in [-0.3, -0.25) is 0 Å². The minimum atomic E-state index is -3.11. The first-order chi connectivity index (χ1) is 12.4. The van der Waals surface area contributed by atoms with Crippen molar-refractivity contribution in [2.45, 2.75) is 92.9 Å². The van der Waals surface area contributed by atoms with E-state index >= 15 is 0 Å². The van der Waals surface area contributed by atoms with Crippen LogP contribution in [0.3, 0.4) is 0 Å². The maximum Gasteiger partial charge on any atom is 0.115 e. The topological polar surface area (TPSA) is 41.5 Å². The van der Waals surface area contributed by atoms with Gasteiger partial charge in [-0.1, -0.05) is 65.2 Å². The summed E-state index contributed by atoms with van der Waals surface area (Å²) >= 11 is 4.45. The molecule has 0 bridgehead atoms. The van der Waals surface area contributed by atoms with E-state index in [2.05, 4.69) is 48.5 Å². The molecule has 0 heterocycles. The van der Waals surface area contributed by atoms with Gasteiger partial charge >= 0.3 is 0 Å². The molecule has 0 aliphatic carbocycles. The Morgan fingerprint density at radius 3 is 1.12 bits per heavy atom. The summed E-state index contributed by atoms with van der Waals surface area (Å²) in [6, 6.07) is 0. The molecular weight excluding hydrogens is 382 g/mol. The average molecular weight is 429 g/mol. The van der Waals surface area contributed by atoms with Crippen LogP contribution in [-0.4, -0.2) is 37.9 Å². The first kappa shape index (κ1) is 29.2. The molecule has 0 amide bonds. The van der Waals surface area contributed by atoms with Crippen LogP contribution in [0.1, 0.15) is 92.9 Å². The van der Waals surface area contributed by atoms with Crippen LogP contribution in [0.15, 0.2) is 0 Å². The van der Waals surface area contributed by atoms with Crippen molar-refractivity contribution < 1.29 is 13.9 Å². The van der Waals surface area contributed by atoms with Gasteiger partial charge in [0, 0.05) is 7.26 Å². The molecule has 0 aromatic heterocycles. The molecule has 160 valence electrons. The van der Waals surface area contributed by atoms with Crippen molar-refractivity contribution in [3.8, 4) is 0 Å². The number of hydrogen-bond acceptors (Lipinski definition) is 4. The van der Waals surface area contributed by atoms with Crippen LogP contribution in [0, 0.1) is 0 Å². The van der Waals surface area contributed by atoms with Crippen LogP contribution in [0.5, 0.6) is 0 Å². The highest BCUT2D eigenvalue weighted by Gasteiger charge is 2.34. The monoisotopic (exact) mass is 428 g/mol. The normalized spacial score (nSPS) is 12.0. The third kappa shape index (κ3) is 17.1. The van der Waals surface area contributed by atoms with Crippen LogP contribution < -0.4 is 4.89 Å². The molecule has 0 saturated heterocycles. The van der Waals surface area contributed by atoms with E-state index in [1.165, 1.54) is 51.4 Å². The molecule has 0 spiro atoms. The maximum atomic E-state index is 10.8. The molecule has 0 N–H and O–H groups in total. The third-order valence-corrected chi connectivity index (χ3v) is 11.4. The van der Waals surface area contributed by atoms with E-state index in [-0.39, 0.29) is 0 Å². The van der Waals surface area contributed by atoms with E-state index < -0.39 is 14.0 Å². The zero-order valence-electron chi connectivity index (χ0n) is 18.4. The first-order valence-electron chi connectivity index (χ1n) is 10.8. The molecule has 0 rings (SSSR count). The number of unbranched alkanes of at least 4 members (excludes halogenated alkanes) is 4. The largest absolute Gasteiger partial charge is 0.780 e. The Bertz CT molecular complexity index is 294. The van der Waals surface area contributed by atoms with Crippen molar-refractivity contribution in [3.05, 3.63) is 0 Å². The molecule has 3 nitrogen and oxygen atoms in total. The van der Waals surface area contributed by atoms with Crippen LogP contribution in [0.25, 0.3) is 0 Å². The summed E-state index contributed by atoms with van der Waals surface area (Å²) in [5, 5.41) is 0. The minimum absolute atomic E-state index is 0.334. The lowest BCUT2D eigenvalue weighted by atomic mass is 10.4. The minimum Gasteiger partial charge on any atom is -0.780 e. The van der Waals surface area contributed by atoms with Crippen LogP contribution in [0.4, 0.5) is 0 Å². The molecule has 0 radical (unpaired) electrons. The Morgan fingerprint density at radius 2 is 0.923 bits per heavy atom. The Kier molecular flexibility index (Phi) is 21.6. The van der Waals surface area contributed by atoms with Crippen molar-refractivity contribution >= 4 is 25.8 Å². The lowest BCUT2D eigenvalue weighted by Gasteiger charge is -2.28. The second kappa shape index (κ2) is 19.3. The molecule has 0 aliphatic heterocycles. The summed E-state index contributed by atoms with van der Waals surface area (Å²) in [5.74, 6) is 0. The first-order valence-corrected chi connectivity index (χ1v) is 15.9. The molecule has 0 unspecified atom stereocenters. The average Bonchev–Trinajstić information content (AvgIpc) is 2.61. The van der Waals surface area contributed by atoms with E-state index in [0.717, 1.165) is 0 Å². The molecule has 6 heteroatoms. The quantitative estimate of drug-likeness (QED) is 0.252. The van der Waals surface area contributed by atoms with Gasteiger partial charge < -0.3 is 13.9 Å². The van der Waals surface area contributed by atoms with Gasteiger partial charge in [0.05, 0.1) is 37.9 Å². The van der Waals surface area contributed by atoms with Crippen LogP contribution >= 0.6 is 14.0 Å². The van der Waals surface area contributed by atoms with Crippen molar-refractivity contribution in [2.75, 3.05) is 37.9 Å².